The Hall–Kier alpha value is -2.08. The highest BCUT2D eigenvalue weighted by atomic mass is 32.1. The number of phenols is 1. The van der Waals surface area contributed by atoms with Gasteiger partial charge in [-0.15, -0.1) is 11.3 Å². The van der Waals surface area contributed by atoms with Gasteiger partial charge < -0.3 is 10.4 Å². The summed E-state index contributed by atoms with van der Waals surface area (Å²) < 4.78 is 0. The summed E-state index contributed by atoms with van der Waals surface area (Å²) in [5.74, 6) is 0.434. The molecule has 2 aromatic rings. The van der Waals surface area contributed by atoms with Gasteiger partial charge in [0.25, 0.3) is 5.69 Å². The van der Waals surface area contributed by atoms with Crippen LogP contribution in [0.25, 0.3) is 0 Å². The molecule has 1 aliphatic rings. The van der Waals surface area contributed by atoms with Crippen LogP contribution in [-0.4, -0.2) is 10.0 Å². The van der Waals surface area contributed by atoms with Crippen molar-refractivity contribution < 1.29 is 10.0 Å². The summed E-state index contributed by atoms with van der Waals surface area (Å²) in [5.41, 5.74) is 0.366. The molecule has 1 aliphatic carbocycles. The third-order valence-electron chi connectivity index (χ3n) is 3.43. The Morgan fingerprint density at radius 3 is 2.80 bits per heavy atom. The van der Waals surface area contributed by atoms with Crippen molar-refractivity contribution in [1.82, 2.24) is 0 Å². The van der Waals surface area contributed by atoms with Crippen molar-refractivity contribution in [3.8, 4) is 5.75 Å². The largest absolute Gasteiger partial charge is 0.508 e. The van der Waals surface area contributed by atoms with Crippen molar-refractivity contribution in [2.45, 2.75) is 18.9 Å². The van der Waals surface area contributed by atoms with E-state index in [9.17, 15) is 15.2 Å². The van der Waals surface area contributed by atoms with Crippen molar-refractivity contribution in [1.29, 1.82) is 0 Å². The van der Waals surface area contributed by atoms with Gasteiger partial charge in [-0.25, -0.2) is 0 Å². The predicted octanol–water partition coefficient (Wildman–Crippen LogP) is 3.93. The van der Waals surface area contributed by atoms with E-state index < -0.39 is 4.92 Å². The number of hydrogen-bond acceptors (Lipinski definition) is 5. The zero-order valence-electron chi connectivity index (χ0n) is 10.7. The van der Waals surface area contributed by atoms with Crippen molar-refractivity contribution in [2.24, 2.45) is 5.92 Å². The van der Waals surface area contributed by atoms with Crippen LogP contribution in [0.4, 0.5) is 11.4 Å². The zero-order chi connectivity index (χ0) is 14.1. The maximum Gasteiger partial charge on any atom is 0.296 e. The average Bonchev–Trinajstić information content (AvgIpc) is 3.11. The van der Waals surface area contributed by atoms with E-state index >= 15 is 0 Å². The number of thiophene rings is 1. The Balaban J connectivity index is 1.91. The third kappa shape index (κ3) is 2.60. The number of nitro groups is 1. The molecule has 5 nitrogen and oxygen atoms in total. The molecule has 1 aromatic heterocycles. The van der Waals surface area contributed by atoms with Gasteiger partial charge >= 0.3 is 0 Å². The summed E-state index contributed by atoms with van der Waals surface area (Å²) in [4.78, 5) is 11.8. The number of nitro benzene ring substituents is 1. The van der Waals surface area contributed by atoms with Crippen molar-refractivity contribution >= 4 is 22.7 Å². The first-order valence-electron chi connectivity index (χ1n) is 6.42. The van der Waals surface area contributed by atoms with E-state index in [2.05, 4.69) is 5.32 Å². The van der Waals surface area contributed by atoms with Gasteiger partial charge in [0.2, 0.25) is 0 Å². The number of anilines is 1. The lowest BCUT2D eigenvalue weighted by atomic mass is 10.1. The first-order chi connectivity index (χ1) is 9.65. The SMILES string of the molecule is O=[N+]([O-])c1cc(O)ccc1NC(c1cccs1)C1CC1. The van der Waals surface area contributed by atoms with Crippen LogP contribution in [-0.2, 0) is 0 Å². The van der Waals surface area contributed by atoms with Gasteiger partial charge in [0.15, 0.2) is 0 Å². The molecular formula is C14H14N2O3S. The number of benzene rings is 1. The molecular weight excluding hydrogens is 276 g/mol. The van der Waals surface area contributed by atoms with Crippen LogP contribution >= 0.6 is 11.3 Å². The maximum atomic E-state index is 11.1. The van der Waals surface area contributed by atoms with Crippen LogP contribution in [0, 0.1) is 16.0 Å². The highest BCUT2D eigenvalue weighted by Crippen LogP contribution is 2.45. The number of aromatic hydroxyl groups is 1. The van der Waals surface area contributed by atoms with Gasteiger partial charge in [-0.1, -0.05) is 6.07 Å². The lowest BCUT2D eigenvalue weighted by Gasteiger charge is -2.18. The quantitative estimate of drug-likeness (QED) is 0.497. The minimum atomic E-state index is -0.472. The van der Waals surface area contributed by atoms with E-state index in [4.69, 9.17) is 0 Å². The van der Waals surface area contributed by atoms with Crippen molar-refractivity contribution in [3.63, 3.8) is 0 Å². The van der Waals surface area contributed by atoms with Gasteiger partial charge in [-0.3, -0.25) is 10.1 Å². The number of nitrogens with one attached hydrogen (secondary N) is 1. The molecule has 3 rings (SSSR count). The molecule has 20 heavy (non-hydrogen) atoms. The second kappa shape index (κ2) is 5.13. The van der Waals surface area contributed by atoms with Crippen LogP contribution in [0.5, 0.6) is 5.75 Å². The molecule has 1 heterocycles. The van der Waals surface area contributed by atoms with E-state index in [1.54, 1.807) is 17.4 Å². The summed E-state index contributed by atoms with van der Waals surface area (Å²) in [6.45, 7) is 0. The molecule has 1 fully saturated rings. The van der Waals surface area contributed by atoms with Gasteiger partial charge in [0, 0.05) is 4.88 Å². The van der Waals surface area contributed by atoms with E-state index in [0.717, 1.165) is 12.8 Å². The normalized spacial score (nSPS) is 15.8. The number of hydrogen-bond donors (Lipinski definition) is 2. The molecule has 104 valence electrons. The molecule has 1 saturated carbocycles. The number of nitrogens with zero attached hydrogens (tertiary/aromatic N) is 1. The van der Waals surface area contributed by atoms with Crippen LogP contribution in [0.2, 0.25) is 0 Å². The van der Waals surface area contributed by atoms with Gasteiger partial charge in [0.1, 0.15) is 11.4 Å². The molecule has 6 heteroatoms. The molecule has 0 saturated heterocycles. The lowest BCUT2D eigenvalue weighted by Crippen LogP contribution is -2.12. The average molecular weight is 290 g/mol. The second-order valence-electron chi connectivity index (χ2n) is 4.93. The van der Waals surface area contributed by atoms with Crippen LogP contribution < -0.4 is 5.32 Å². The Bertz CT molecular complexity index is 623. The Morgan fingerprint density at radius 1 is 1.40 bits per heavy atom. The zero-order valence-corrected chi connectivity index (χ0v) is 11.5. The Labute approximate surface area is 120 Å². The molecule has 0 radical (unpaired) electrons. The third-order valence-corrected chi connectivity index (χ3v) is 4.39. The highest BCUT2D eigenvalue weighted by Gasteiger charge is 2.34. The fraction of sp³-hybridized carbons (Fsp3) is 0.286. The standard InChI is InChI=1S/C14H14N2O3S/c17-10-5-6-11(12(8-10)16(18)19)15-14(9-3-4-9)13-2-1-7-20-13/h1-2,5-9,14-15,17H,3-4H2. The topological polar surface area (TPSA) is 75.4 Å². The fourth-order valence-corrected chi connectivity index (χ4v) is 3.15. The molecule has 1 atom stereocenters. The van der Waals surface area contributed by atoms with Gasteiger partial charge in [-0.05, 0) is 42.3 Å². The fourth-order valence-electron chi connectivity index (χ4n) is 2.28. The summed E-state index contributed by atoms with van der Waals surface area (Å²) in [6.07, 6.45) is 2.28. The number of rotatable bonds is 5. The van der Waals surface area contributed by atoms with E-state index in [0.29, 0.717) is 11.6 Å². The molecule has 0 bridgehead atoms. The highest BCUT2D eigenvalue weighted by molar-refractivity contribution is 7.10. The number of phenolic OH excluding ortho intramolecular Hbond substituents is 1. The summed E-state index contributed by atoms with van der Waals surface area (Å²) in [5, 5.41) is 25.8. The van der Waals surface area contributed by atoms with Crippen LogP contribution in [0.15, 0.2) is 35.7 Å². The first-order valence-corrected chi connectivity index (χ1v) is 7.30. The molecule has 0 aliphatic heterocycles. The van der Waals surface area contributed by atoms with E-state index in [1.807, 2.05) is 17.5 Å². The van der Waals surface area contributed by atoms with E-state index in [-0.39, 0.29) is 17.5 Å². The smallest absolute Gasteiger partial charge is 0.296 e. The monoisotopic (exact) mass is 290 g/mol. The van der Waals surface area contributed by atoms with Gasteiger partial charge in [-0.2, -0.15) is 0 Å². The minimum absolute atomic E-state index is 0.0905. The summed E-state index contributed by atoms with van der Waals surface area (Å²) in [6, 6.07) is 8.36. The molecule has 2 N–H and O–H groups in total. The Kier molecular flexibility index (Phi) is 3.31. The predicted molar refractivity (Wildman–Crippen MR) is 78.2 cm³/mol. The van der Waals surface area contributed by atoms with Crippen molar-refractivity contribution in [2.75, 3.05) is 5.32 Å². The minimum Gasteiger partial charge on any atom is -0.508 e. The lowest BCUT2D eigenvalue weighted by molar-refractivity contribution is -0.384. The first kappa shape index (κ1) is 12.9. The summed E-state index contributed by atoms with van der Waals surface area (Å²) >= 11 is 1.65. The van der Waals surface area contributed by atoms with Crippen molar-refractivity contribution in [3.05, 3.63) is 50.7 Å². The van der Waals surface area contributed by atoms with Crippen LogP contribution in [0.1, 0.15) is 23.8 Å². The molecule has 1 aromatic carbocycles. The molecule has 1 unspecified atom stereocenters. The molecule has 0 amide bonds. The van der Waals surface area contributed by atoms with Crippen LogP contribution in [0.3, 0.4) is 0 Å². The Morgan fingerprint density at radius 2 is 2.20 bits per heavy atom. The molecule has 0 spiro atoms. The second-order valence-corrected chi connectivity index (χ2v) is 5.91. The van der Waals surface area contributed by atoms with E-state index in [1.165, 1.54) is 17.0 Å². The maximum absolute atomic E-state index is 11.1. The van der Waals surface area contributed by atoms with Gasteiger partial charge in [0.05, 0.1) is 17.0 Å². The summed E-state index contributed by atoms with van der Waals surface area (Å²) in [7, 11) is 0.